The van der Waals surface area contributed by atoms with Gasteiger partial charge in [-0.1, -0.05) is 26.7 Å². The fourth-order valence-corrected chi connectivity index (χ4v) is 4.21. The maximum atomic E-state index is 13.4. The van der Waals surface area contributed by atoms with Gasteiger partial charge >= 0.3 is 0 Å². The smallest absolute Gasteiger partial charge is 0.272 e. The summed E-state index contributed by atoms with van der Waals surface area (Å²) >= 11 is 0. The van der Waals surface area contributed by atoms with E-state index in [0.717, 1.165) is 44.5 Å². The van der Waals surface area contributed by atoms with E-state index < -0.39 is 0 Å². The number of hydrogen-bond donors (Lipinski definition) is 1. The molecule has 0 aromatic carbocycles. The van der Waals surface area contributed by atoms with Gasteiger partial charge in [-0.2, -0.15) is 0 Å². The van der Waals surface area contributed by atoms with Crippen molar-refractivity contribution in [3.8, 4) is 0 Å². The Morgan fingerprint density at radius 3 is 2.33 bits per heavy atom. The van der Waals surface area contributed by atoms with Gasteiger partial charge in [0, 0.05) is 37.9 Å². The predicted molar refractivity (Wildman–Crippen MR) is 119 cm³/mol. The number of piperidine rings is 1. The summed E-state index contributed by atoms with van der Waals surface area (Å²) in [5.74, 6) is 0.700. The van der Waals surface area contributed by atoms with Crippen molar-refractivity contribution in [2.75, 3.05) is 31.1 Å². The third-order valence-electron chi connectivity index (χ3n) is 5.94. The van der Waals surface area contributed by atoms with Crippen LogP contribution in [0.1, 0.15) is 88.3 Å². The number of rotatable bonds is 5. The number of anilines is 1. The van der Waals surface area contributed by atoms with E-state index in [-0.39, 0.29) is 29.7 Å². The second-order valence-corrected chi connectivity index (χ2v) is 9.29. The number of nitrogens with one attached hydrogen (secondary N) is 1. The molecule has 3 rings (SSSR count). The van der Waals surface area contributed by atoms with Gasteiger partial charge in [0.05, 0.1) is 5.92 Å². The molecule has 2 saturated heterocycles. The normalized spacial score (nSPS) is 20.4. The average molecular weight is 416 g/mol. The van der Waals surface area contributed by atoms with E-state index in [1.54, 1.807) is 4.90 Å². The molecule has 3 heterocycles. The molecule has 2 amide bonds. The first kappa shape index (κ1) is 22.5. The molecule has 2 fully saturated rings. The van der Waals surface area contributed by atoms with E-state index in [0.29, 0.717) is 24.7 Å². The molecule has 0 radical (unpaired) electrons. The maximum Gasteiger partial charge on any atom is 0.272 e. The van der Waals surface area contributed by atoms with Gasteiger partial charge in [-0.25, -0.2) is 9.97 Å². The van der Waals surface area contributed by atoms with E-state index in [4.69, 9.17) is 9.97 Å². The van der Waals surface area contributed by atoms with Crippen molar-refractivity contribution in [2.24, 2.45) is 5.92 Å². The molecule has 1 aromatic heterocycles. The van der Waals surface area contributed by atoms with E-state index in [1.165, 1.54) is 12.8 Å². The van der Waals surface area contributed by atoms with Crippen molar-refractivity contribution in [1.29, 1.82) is 0 Å². The van der Waals surface area contributed by atoms with E-state index in [9.17, 15) is 9.59 Å². The minimum Gasteiger partial charge on any atom is -0.354 e. The van der Waals surface area contributed by atoms with Crippen LogP contribution in [0.25, 0.3) is 0 Å². The van der Waals surface area contributed by atoms with Crippen LogP contribution < -0.4 is 10.2 Å². The molecule has 1 aromatic rings. The highest BCUT2D eigenvalue weighted by molar-refractivity contribution is 5.93. The monoisotopic (exact) mass is 415 g/mol. The zero-order chi connectivity index (χ0) is 21.7. The minimum absolute atomic E-state index is 0.0401. The Balaban J connectivity index is 1.81. The first-order valence-electron chi connectivity index (χ1n) is 11.6. The Morgan fingerprint density at radius 1 is 1.00 bits per heavy atom. The molecule has 1 unspecified atom stereocenters. The molecule has 2 aliphatic heterocycles. The number of nitrogens with zero attached hydrogens (tertiary/aromatic N) is 4. The largest absolute Gasteiger partial charge is 0.354 e. The Morgan fingerprint density at radius 2 is 1.70 bits per heavy atom. The molecule has 1 N–H and O–H groups in total. The summed E-state index contributed by atoms with van der Waals surface area (Å²) in [5.41, 5.74) is 1.36. The average Bonchev–Trinajstić information content (AvgIpc) is 3.02. The lowest BCUT2D eigenvalue weighted by Gasteiger charge is -2.32. The fraction of sp³-hybridized carbons (Fsp3) is 0.739. The van der Waals surface area contributed by atoms with Crippen LogP contribution in [0.2, 0.25) is 0 Å². The highest BCUT2D eigenvalue weighted by Gasteiger charge is 2.30. The fourth-order valence-electron chi connectivity index (χ4n) is 4.21. The van der Waals surface area contributed by atoms with Gasteiger partial charge in [0.2, 0.25) is 11.9 Å². The summed E-state index contributed by atoms with van der Waals surface area (Å²) in [4.78, 5) is 39.3. The SMILES string of the molecule is CC(C)NC(=O)C1CCCN(C(=O)c2cc(C(C)C)nc(N3CCCCCC3)n2)C1. The predicted octanol–water partition coefficient (Wildman–Crippen LogP) is 3.36. The molecule has 166 valence electrons. The van der Waals surface area contributed by atoms with Crippen LogP contribution in [-0.2, 0) is 4.79 Å². The van der Waals surface area contributed by atoms with Crippen LogP contribution in [0.4, 0.5) is 5.95 Å². The standard InChI is InChI=1S/C23H37N5O2/c1-16(2)19-14-20(26-23(25-19)27-11-7-5-6-8-12-27)22(30)28-13-9-10-18(15-28)21(29)24-17(3)4/h14,16-18H,5-13,15H2,1-4H3,(H,24,29). The molecule has 2 aliphatic rings. The highest BCUT2D eigenvalue weighted by Crippen LogP contribution is 2.23. The third-order valence-corrected chi connectivity index (χ3v) is 5.94. The number of carbonyl (C=O) groups is 2. The summed E-state index contributed by atoms with van der Waals surface area (Å²) in [6.07, 6.45) is 6.40. The van der Waals surface area contributed by atoms with Gasteiger partial charge in [-0.05, 0) is 51.5 Å². The summed E-state index contributed by atoms with van der Waals surface area (Å²) in [7, 11) is 0. The first-order valence-corrected chi connectivity index (χ1v) is 11.6. The summed E-state index contributed by atoms with van der Waals surface area (Å²) in [5, 5.41) is 2.98. The Labute approximate surface area is 180 Å². The molecular weight excluding hydrogens is 378 g/mol. The Kier molecular flexibility index (Phi) is 7.67. The topological polar surface area (TPSA) is 78.4 Å². The Hall–Kier alpha value is -2.18. The van der Waals surface area contributed by atoms with Gasteiger partial charge in [0.15, 0.2) is 0 Å². The lowest BCUT2D eigenvalue weighted by atomic mass is 9.96. The van der Waals surface area contributed by atoms with Gasteiger partial charge < -0.3 is 15.1 Å². The molecule has 0 saturated carbocycles. The number of likely N-dealkylation sites (tertiary alicyclic amines) is 1. The number of carbonyl (C=O) groups excluding carboxylic acids is 2. The van der Waals surface area contributed by atoms with E-state index in [2.05, 4.69) is 24.1 Å². The summed E-state index contributed by atoms with van der Waals surface area (Å²) in [6.45, 7) is 11.1. The molecule has 0 aliphatic carbocycles. The van der Waals surface area contributed by atoms with Crippen molar-refractivity contribution in [3.05, 3.63) is 17.5 Å². The van der Waals surface area contributed by atoms with Crippen molar-refractivity contribution < 1.29 is 9.59 Å². The van der Waals surface area contributed by atoms with Crippen LogP contribution in [0.15, 0.2) is 6.07 Å². The minimum atomic E-state index is -0.151. The van der Waals surface area contributed by atoms with Crippen LogP contribution in [0.5, 0.6) is 0 Å². The molecule has 30 heavy (non-hydrogen) atoms. The molecule has 1 atom stereocenters. The molecule has 0 spiro atoms. The molecule has 7 heteroatoms. The van der Waals surface area contributed by atoms with Crippen molar-refractivity contribution in [2.45, 2.75) is 78.2 Å². The van der Waals surface area contributed by atoms with Gasteiger partial charge in [0.1, 0.15) is 5.69 Å². The molecule has 7 nitrogen and oxygen atoms in total. The second kappa shape index (κ2) is 10.2. The quantitative estimate of drug-likeness (QED) is 0.798. The van der Waals surface area contributed by atoms with E-state index >= 15 is 0 Å². The number of hydrogen-bond acceptors (Lipinski definition) is 5. The first-order chi connectivity index (χ1) is 14.3. The molecule has 0 bridgehead atoms. The second-order valence-electron chi connectivity index (χ2n) is 9.29. The third kappa shape index (κ3) is 5.70. The Bertz CT molecular complexity index is 741. The van der Waals surface area contributed by atoms with Gasteiger partial charge in [-0.15, -0.1) is 0 Å². The number of amides is 2. The lowest BCUT2D eigenvalue weighted by molar-refractivity contribution is -0.126. The highest BCUT2D eigenvalue weighted by atomic mass is 16.2. The van der Waals surface area contributed by atoms with Crippen LogP contribution >= 0.6 is 0 Å². The summed E-state index contributed by atoms with van der Waals surface area (Å²) < 4.78 is 0. The van der Waals surface area contributed by atoms with Gasteiger partial charge in [-0.3, -0.25) is 9.59 Å². The van der Waals surface area contributed by atoms with Crippen LogP contribution in [0.3, 0.4) is 0 Å². The lowest BCUT2D eigenvalue weighted by Crippen LogP contribution is -2.47. The van der Waals surface area contributed by atoms with Crippen molar-refractivity contribution in [1.82, 2.24) is 20.2 Å². The van der Waals surface area contributed by atoms with E-state index in [1.807, 2.05) is 19.9 Å². The molecular formula is C23H37N5O2. The van der Waals surface area contributed by atoms with Crippen LogP contribution in [-0.4, -0.2) is 58.9 Å². The number of aromatic nitrogens is 2. The summed E-state index contributed by atoms with van der Waals surface area (Å²) in [6, 6.07) is 1.95. The van der Waals surface area contributed by atoms with Crippen LogP contribution in [0, 0.1) is 5.92 Å². The van der Waals surface area contributed by atoms with Crippen molar-refractivity contribution >= 4 is 17.8 Å². The zero-order valence-corrected chi connectivity index (χ0v) is 19.0. The van der Waals surface area contributed by atoms with Gasteiger partial charge in [0.25, 0.3) is 5.91 Å². The zero-order valence-electron chi connectivity index (χ0n) is 19.0. The van der Waals surface area contributed by atoms with Crippen molar-refractivity contribution in [3.63, 3.8) is 0 Å². The maximum absolute atomic E-state index is 13.4.